The molecule has 0 amide bonds. The molecule has 6 heteroatoms. The van der Waals surface area contributed by atoms with Crippen molar-refractivity contribution in [1.82, 2.24) is 9.38 Å². The Hall–Kier alpha value is -3.02. The third kappa shape index (κ3) is 1.73. The Bertz CT molecular complexity index is 917. The summed E-state index contributed by atoms with van der Waals surface area (Å²) < 4.78 is 11.9. The zero-order valence-corrected chi connectivity index (χ0v) is 10.8. The first-order chi connectivity index (χ1) is 10.2. The Balaban J connectivity index is 1.95. The molecule has 4 rings (SSSR count). The highest BCUT2D eigenvalue weighted by atomic mass is 16.7. The smallest absolute Gasteiger partial charge is 0.265 e. The predicted octanol–water partition coefficient (Wildman–Crippen LogP) is 1.80. The van der Waals surface area contributed by atoms with Crippen molar-refractivity contribution in [3.05, 3.63) is 53.1 Å². The number of aromatic hydroxyl groups is 1. The SMILES string of the molecule is O=c1c(-c2ccc3c(c2)OCO3)cnc2c(O)cccn12. The molecule has 0 saturated heterocycles. The molecule has 0 radical (unpaired) electrons. The molecular formula is C15H10N2O4. The van der Waals surface area contributed by atoms with Crippen molar-refractivity contribution in [3.8, 4) is 28.4 Å². The molecule has 0 atom stereocenters. The number of rotatable bonds is 1. The second-order valence-electron chi connectivity index (χ2n) is 4.63. The van der Waals surface area contributed by atoms with Gasteiger partial charge in [0.25, 0.3) is 5.56 Å². The van der Waals surface area contributed by atoms with Crippen molar-refractivity contribution in [2.75, 3.05) is 6.79 Å². The largest absolute Gasteiger partial charge is 0.504 e. The van der Waals surface area contributed by atoms with E-state index in [0.717, 1.165) is 0 Å². The lowest BCUT2D eigenvalue weighted by molar-refractivity contribution is 0.174. The number of aromatic nitrogens is 2. The van der Waals surface area contributed by atoms with E-state index in [1.807, 2.05) is 0 Å². The molecule has 2 aromatic heterocycles. The predicted molar refractivity (Wildman–Crippen MR) is 74.7 cm³/mol. The monoisotopic (exact) mass is 282 g/mol. The first-order valence-corrected chi connectivity index (χ1v) is 6.33. The number of fused-ring (bicyclic) bond motifs is 2. The van der Waals surface area contributed by atoms with E-state index in [2.05, 4.69) is 4.98 Å². The van der Waals surface area contributed by atoms with Gasteiger partial charge >= 0.3 is 0 Å². The van der Waals surface area contributed by atoms with Crippen molar-refractivity contribution in [1.29, 1.82) is 0 Å². The fraction of sp³-hybridized carbons (Fsp3) is 0.0667. The maximum absolute atomic E-state index is 12.5. The van der Waals surface area contributed by atoms with Crippen LogP contribution in [0.5, 0.6) is 17.2 Å². The fourth-order valence-corrected chi connectivity index (χ4v) is 2.35. The number of benzene rings is 1. The molecule has 0 bridgehead atoms. The normalized spacial score (nSPS) is 12.8. The summed E-state index contributed by atoms with van der Waals surface area (Å²) in [5.41, 5.74) is 1.09. The third-order valence-corrected chi connectivity index (χ3v) is 3.40. The minimum Gasteiger partial charge on any atom is -0.504 e. The van der Waals surface area contributed by atoms with E-state index in [-0.39, 0.29) is 23.7 Å². The molecule has 3 heterocycles. The average molecular weight is 282 g/mol. The number of pyridine rings is 1. The van der Waals surface area contributed by atoms with Crippen LogP contribution < -0.4 is 15.0 Å². The molecule has 1 N–H and O–H groups in total. The van der Waals surface area contributed by atoms with Crippen LogP contribution in [0.1, 0.15) is 0 Å². The molecule has 104 valence electrons. The van der Waals surface area contributed by atoms with E-state index in [0.29, 0.717) is 22.6 Å². The van der Waals surface area contributed by atoms with Gasteiger partial charge in [0.2, 0.25) is 6.79 Å². The number of ether oxygens (including phenoxy) is 2. The molecule has 3 aromatic rings. The van der Waals surface area contributed by atoms with Crippen molar-refractivity contribution in [2.24, 2.45) is 0 Å². The molecule has 1 aromatic carbocycles. The topological polar surface area (TPSA) is 73.1 Å². The second kappa shape index (κ2) is 4.24. The molecule has 1 aliphatic rings. The van der Waals surface area contributed by atoms with Gasteiger partial charge in [-0.05, 0) is 29.8 Å². The van der Waals surface area contributed by atoms with Crippen LogP contribution in [-0.2, 0) is 0 Å². The van der Waals surface area contributed by atoms with E-state index >= 15 is 0 Å². The van der Waals surface area contributed by atoms with Gasteiger partial charge < -0.3 is 14.6 Å². The lowest BCUT2D eigenvalue weighted by atomic mass is 10.1. The van der Waals surface area contributed by atoms with Crippen LogP contribution in [0.15, 0.2) is 47.5 Å². The minimum atomic E-state index is -0.255. The van der Waals surface area contributed by atoms with Crippen molar-refractivity contribution < 1.29 is 14.6 Å². The van der Waals surface area contributed by atoms with Crippen LogP contribution in [0.4, 0.5) is 0 Å². The summed E-state index contributed by atoms with van der Waals surface area (Å²) in [4.78, 5) is 16.7. The standard InChI is InChI=1S/C15H10N2O4/c18-11-2-1-5-17-14(11)16-7-10(15(17)19)9-3-4-12-13(6-9)21-8-20-12/h1-7,18H,8H2. The van der Waals surface area contributed by atoms with Crippen molar-refractivity contribution >= 4 is 5.65 Å². The zero-order chi connectivity index (χ0) is 14.4. The maximum Gasteiger partial charge on any atom is 0.265 e. The summed E-state index contributed by atoms with van der Waals surface area (Å²) in [5.74, 6) is 1.23. The third-order valence-electron chi connectivity index (χ3n) is 3.40. The highest BCUT2D eigenvalue weighted by molar-refractivity contribution is 5.68. The summed E-state index contributed by atoms with van der Waals surface area (Å²) in [6.07, 6.45) is 3.02. The summed E-state index contributed by atoms with van der Waals surface area (Å²) in [6.45, 7) is 0.182. The van der Waals surface area contributed by atoms with E-state index in [4.69, 9.17) is 9.47 Å². The van der Waals surface area contributed by atoms with Gasteiger partial charge in [-0.15, -0.1) is 0 Å². The summed E-state index contributed by atoms with van der Waals surface area (Å²) >= 11 is 0. The van der Waals surface area contributed by atoms with Crippen LogP contribution in [0, 0.1) is 0 Å². The Kier molecular flexibility index (Phi) is 2.38. The first kappa shape index (κ1) is 11.8. The van der Waals surface area contributed by atoms with Crippen LogP contribution in [0.25, 0.3) is 16.8 Å². The van der Waals surface area contributed by atoms with Gasteiger partial charge in [0, 0.05) is 12.4 Å². The van der Waals surface area contributed by atoms with Crippen molar-refractivity contribution in [3.63, 3.8) is 0 Å². The lowest BCUT2D eigenvalue weighted by Crippen LogP contribution is -2.16. The van der Waals surface area contributed by atoms with Gasteiger partial charge in [0.1, 0.15) is 0 Å². The van der Waals surface area contributed by atoms with Gasteiger partial charge in [0.05, 0.1) is 5.56 Å². The van der Waals surface area contributed by atoms with E-state index in [1.54, 1.807) is 30.5 Å². The Morgan fingerprint density at radius 3 is 2.95 bits per heavy atom. The molecule has 0 spiro atoms. The molecule has 0 aliphatic carbocycles. The molecule has 0 saturated carbocycles. The van der Waals surface area contributed by atoms with Crippen LogP contribution >= 0.6 is 0 Å². The Morgan fingerprint density at radius 2 is 2.05 bits per heavy atom. The summed E-state index contributed by atoms with van der Waals surface area (Å²) in [7, 11) is 0. The zero-order valence-electron chi connectivity index (χ0n) is 10.8. The van der Waals surface area contributed by atoms with Gasteiger partial charge in [-0.1, -0.05) is 6.07 Å². The van der Waals surface area contributed by atoms with Gasteiger partial charge in [-0.25, -0.2) is 4.98 Å². The number of nitrogens with zero attached hydrogens (tertiary/aromatic N) is 2. The van der Waals surface area contributed by atoms with Gasteiger partial charge in [0.15, 0.2) is 22.9 Å². The summed E-state index contributed by atoms with van der Waals surface area (Å²) in [5, 5.41) is 9.73. The van der Waals surface area contributed by atoms with Crippen LogP contribution in [0.3, 0.4) is 0 Å². The highest BCUT2D eigenvalue weighted by Gasteiger charge is 2.16. The maximum atomic E-state index is 12.5. The van der Waals surface area contributed by atoms with E-state index < -0.39 is 0 Å². The quantitative estimate of drug-likeness (QED) is 0.736. The molecule has 0 fully saturated rings. The molecule has 1 aliphatic heterocycles. The molecular weight excluding hydrogens is 272 g/mol. The number of hydrogen-bond acceptors (Lipinski definition) is 5. The fourth-order valence-electron chi connectivity index (χ4n) is 2.35. The van der Waals surface area contributed by atoms with Gasteiger partial charge in [-0.2, -0.15) is 0 Å². The highest BCUT2D eigenvalue weighted by Crippen LogP contribution is 2.35. The molecule has 21 heavy (non-hydrogen) atoms. The average Bonchev–Trinajstić information content (AvgIpc) is 2.96. The lowest BCUT2D eigenvalue weighted by Gasteiger charge is -2.06. The van der Waals surface area contributed by atoms with Gasteiger partial charge in [-0.3, -0.25) is 9.20 Å². The first-order valence-electron chi connectivity index (χ1n) is 6.33. The van der Waals surface area contributed by atoms with E-state index in [1.165, 1.54) is 16.7 Å². The van der Waals surface area contributed by atoms with Crippen LogP contribution in [0.2, 0.25) is 0 Å². The van der Waals surface area contributed by atoms with Crippen molar-refractivity contribution in [2.45, 2.75) is 0 Å². The Morgan fingerprint density at radius 1 is 1.19 bits per heavy atom. The van der Waals surface area contributed by atoms with E-state index in [9.17, 15) is 9.90 Å². The molecule has 0 unspecified atom stereocenters. The summed E-state index contributed by atoms with van der Waals surface area (Å²) in [6, 6.07) is 8.36. The van der Waals surface area contributed by atoms with Crippen LogP contribution in [-0.4, -0.2) is 21.3 Å². The second-order valence-corrected chi connectivity index (χ2v) is 4.63. The number of hydrogen-bond donors (Lipinski definition) is 1. The minimum absolute atomic E-state index is 0.0353. The molecule has 6 nitrogen and oxygen atoms in total. The Labute approximate surface area is 118 Å².